The van der Waals surface area contributed by atoms with Gasteiger partial charge < -0.3 is 18.8 Å². The number of anilines is 1. The number of benzene rings is 3. The zero-order valence-corrected chi connectivity index (χ0v) is 28.0. The highest BCUT2D eigenvalue weighted by Crippen LogP contribution is 2.38. The molecule has 0 fully saturated rings. The predicted molar refractivity (Wildman–Crippen MR) is 177 cm³/mol. The molecule has 248 valence electrons. The molecule has 4 aromatic rings. The first-order valence-electron chi connectivity index (χ1n) is 14.1. The lowest BCUT2D eigenvalue weighted by atomic mass is 9.92. The van der Waals surface area contributed by atoms with Crippen LogP contribution >= 0.6 is 34.7 Å². The van der Waals surface area contributed by atoms with Crippen molar-refractivity contribution in [2.45, 2.75) is 26.8 Å². The fourth-order valence-corrected chi connectivity index (χ4v) is 6.15. The summed E-state index contributed by atoms with van der Waals surface area (Å²) < 4.78 is 36.4. The molecule has 0 bridgehead atoms. The van der Waals surface area contributed by atoms with Crippen molar-refractivity contribution in [2.75, 3.05) is 25.2 Å². The molecule has 0 spiro atoms. The van der Waals surface area contributed by atoms with Gasteiger partial charge in [-0.25, -0.2) is 14.2 Å². The number of terminal acetylenes is 1. The fraction of sp³-hybridized carbons (Fsp3) is 0.250. The van der Waals surface area contributed by atoms with Gasteiger partial charge in [0.25, 0.3) is 11.6 Å². The Balaban J connectivity index is 0.000000191. The Hall–Kier alpha value is -4.97. The van der Waals surface area contributed by atoms with Crippen molar-refractivity contribution in [1.82, 2.24) is 8.94 Å². The smallest absolute Gasteiger partial charge is 0.345 e. The summed E-state index contributed by atoms with van der Waals surface area (Å²) in [5.74, 6) is 2.59. The third-order valence-electron chi connectivity index (χ3n) is 7.13. The van der Waals surface area contributed by atoms with E-state index in [4.69, 9.17) is 39.1 Å². The molecule has 0 N–H and O–H groups in total. The first kappa shape index (κ1) is 34.4. The molecule has 1 amide bonds. The highest BCUT2D eigenvalue weighted by Gasteiger charge is 2.31. The van der Waals surface area contributed by atoms with E-state index in [1.54, 1.807) is 12.1 Å². The largest absolute Gasteiger partial charge is 0.481 e. The first-order chi connectivity index (χ1) is 22.8. The van der Waals surface area contributed by atoms with E-state index in [-0.39, 0.29) is 52.2 Å². The summed E-state index contributed by atoms with van der Waals surface area (Å²) >= 11 is 13.0. The number of nitro groups is 1. The van der Waals surface area contributed by atoms with E-state index in [0.717, 1.165) is 32.0 Å². The average molecular weight is 715 g/mol. The van der Waals surface area contributed by atoms with Gasteiger partial charge in [0, 0.05) is 47.7 Å². The van der Waals surface area contributed by atoms with Gasteiger partial charge >= 0.3 is 5.97 Å². The zero-order chi connectivity index (χ0) is 34.7. The Morgan fingerprint density at radius 1 is 1.25 bits per heavy atom. The summed E-state index contributed by atoms with van der Waals surface area (Å²) in [7, 11) is 1.13. The second kappa shape index (κ2) is 14.0. The number of amides is 1. The maximum absolute atomic E-state index is 14.5. The number of fused-ring (bicyclic) bond motifs is 2. The zero-order valence-electron chi connectivity index (χ0n) is 25.7. The molecule has 0 atom stereocenters. The van der Waals surface area contributed by atoms with Crippen molar-refractivity contribution in [3.8, 4) is 29.6 Å². The lowest BCUT2D eigenvalue weighted by molar-refractivity contribution is -0.385. The molecule has 1 aromatic heterocycles. The maximum Gasteiger partial charge on any atom is 0.345 e. The van der Waals surface area contributed by atoms with E-state index < -0.39 is 16.7 Å². The quantitative estimate of drug-likeness (QED) is 0.0927. The Bertz CT molecular complexity index is 2060. The molecule has 0 radical (unpaired) electrons. The van der Waals surface area contributed by atoms with Gasteiger partial charge in [-0.2, -0.15) is 4.37 Å². The summed E-state index contributed by atoms with van der Waals surface area (Å²) in [4.78, 5) is 40.4. The lowest BCUT2D eigenvalue weighted by Crippen LogP contribution is -2.39. The van der Waals surface area contributed by atoms with Crippen molar-refractivity contribution in [3.05, 3.63) is 90.7 Å². The molecular weight excluding hydrogens is 688 g/mol. The highest BCUT2D eigenvalue weighted by atomic mass is 35.5. The third-order valence-corrected chi connectivity index (χ3v) is 8.43. The van der Waals surface area contributed by atoms with Crippen molar-refractivity contribution >= 4 is 63.7 Å². The van der Waals surface area contributed by atoms with E-state index in [2.05, 4.69) is 33.9 Å². The van der Waals surface area contributed by atoms with Crippen molar-refractivity contribution in [3.63, 3.8) is 0 Å². The van der Waals surface area contributed by atoms with Crippen LogP contribution in [0, 0.1) is 33.7 Å². The summed E-state index contributed by atoms with van der Waals surface area (Å²) in [6, 6.07) is 11.1. The molecule has 3 aromatic carbocycles. The van der Waals surface area contributed by atoms with Crippen LogP contribution in [-0.2, 0) is 22.5 Å². The Morgan fingerprint density at radius 3 is 2.71 bits per heavy atom. The number of nitro benzene ring substituents is 1. The van der Waals surface area contributed by atoms with E-state index in [0.29, 0.717) is 27.0 Å². The first-order valence-corrected chi connectivity index (χ1v) is 15.6. The molecule has 2 aliphatic heterocycles. The molecule has 0 unspecified atom stereocenters. The number of rotatable bonds is 6. The molecule has 0 saturated heterocycles. The van der Waals surface area contributed by atoms with Gasteiger partial charge in [0.2, 0.25) is 4.80 Å². The molecule has 0 saturated carbocycles. The Kier molecular flexibility index (Phi) is 10.0. The molecule has 0 aliphatic carbocycles. The number of nitrogens with zero attached hydrogens (tertiary/aromatic N) is 5. The van der Waals surface area contributed by atoms with Gasteiger partial charge in [0.05, 0.1) is 29.3 Å². The summed E-state index contributed by atoms with van der Waals surface area (Å²) in [5.41, 5.74) is 0.0915. The van der Waals surface area contributed by atoms with Crippen LogP contribution in [0.2, 0.25) is 10.0 Å². The molecule has 12 nitrogen and oxygen atoms in total. The van der Waals surface area contributed by atoms with E-state index in [9.17, 15) is 24.1 Å². The number of methoxy groups -OCH3 is 1. The van der Waals surface area contributed by atoms with Gasteiger partial charge in [-0.3, -0.25) is 19.8 Å². The van der Waals surface area contributed by atoms with Crippen LogP contribution in [0.1, 0.15) is 30.0 Å². The summed E-state index contributed by atoms with van der Waals surface area (Å²) in [6.07, 6.45) is 6.22. The minimum atomic E-state index is -0.834. The number of esters is 1. The fourth-order valence-electron chi connectivity index (χ4n) is 4.94. The van der Waals surface area contributed by atoms with Crippen LogP contribution in [0.3, 0.4) is 0 Å². The van der Waals surface area contributed by atoms with Gasteiger partial charge in [-0.1, -0.05) is 43.0 Å². The van der Waals surface area contributed by atoms with Crippen LogP contribution in [0.25, 0.3) is 0 Å². The van der Waals surface area contributed by atoms with Crippen LogP contribution in [-0.4, -0.2) is 46.0 Å². The maximum atomic E-state index is 14.5. The normalized spacial score (nSPS) is 14.6. The van der Waals surface area contributed by atoms with E-state index in [1.165, 1.54) is 46.8 Å². The van der Waals surface area contributed by atoms with Gasteiger partial charge in [-0.15, -0.1) is 6.42 Å². The number of halogens is 3. The number of carbonyl (C=O) groups is 2. The standard InChI is InChI=1S/C18H17FN4O2S.C14H9Cl2NO5/c1-4-5-22-13-7-12(11(19)6-14(13)25-9-16(22)24)20-17-23-10-18(2,3)8-15(23)21-26-17;1-21-14(18)10-7-9(3-4-12(10)17(19)20)22-13-5-2-8(15)6-11(13)16/h1,6-7H,5,8-10H2,2-3H3;2-7H,1H3/b20-17-;. The molecule has 16 heteroatoms. The van der Waals surface area contributed by atoms with Crippen LogP contribution in [0.5, 0.6) is 17.2 Å². The summed E-state index contributed by atoms with van der Waals surface area (Å²) in [5, 5.41) is 11.6. The van der Waals surface area contributed by atoms with Gasteiger partial charge in [0.15, 0.2) is 12.4 Å². The molecule has 2 aliphatic rings. The molecule has 3 heterocycles. The SMILES string of the molecule is C#CCN1C(=O)COc2cc(F)c(/N=c3\snc4n3CC(C)(C)C4)cc21.COC(=O)c1cc(Oc2ccc(Cl)cc2Cl)ccc1[N+](=O)[O-]. The number of aromatic nitrogens is 2. The monoisotopic (exact) mass is 713 g/mol. The van der Waals surface area contributed by atoms with Crippen LogP contribution in [0.15, 0.2) is 53.5 Å². The molecular formula is C32H26Cl2FN5O7S. The summed E-state index contributed by atoms with van der Waals surface area (Å²) in [6.45, 7) is 5.05. The second-order valence-corrected chi connectivity index (χ2v) is 12.8. The van der Waals surface area contributed by atoms with Crippen LogP contribution < -0.4 is 19.2 Å². The average Bonchev–Trinajstić information content (AvgIpc) is 3.55. The van der Waals surface area contributed by atoms with Crippen molar-refractivity contribution in [1.29, 1.82) is 0 Å². The lowest BCUT2D eigenvalue weighted by Gasteiger charge is -2.28. The molecule has 6 rings (SSSR count). The van der Waals surface area contributed by atoms with E-state index in [1.807, 2.05) is 4.57 Å². The minimum Gasteiger partial charge on any atom is -0.481 e. The number of hydrogen-bond donors (Lipinski definition) is 0. The predicted octanol–water partition coefficient (Wildman–Crippen LogP) is 6.74. The number of ether oxygens (including phenoxy) is 3. The number of hydrogen-bond acceptors (Lipinski definition) is 10. The Morgan fingerprint density at radius 2 is 2.02 bits per heavy atom. The van der Waals surface area contributed by atoms with Gasteiger partial charge in [-0.05, 0) is 35.7 Å². The second-order valence-electron chi connectivity index (χ2n) is 11.3. The highest BCUT2D eigenvalue weighted by molar-refractivity contribution is 7.02. The van der Waals surface area contributed by atoms with Crippen molar-refractivity contribution in [2.24, 2.45) is 10.4 Å². The van der Waals surface area contributed by atoms with E-state index >= 15 is 0 Å². The molecule has 48 heavy (non-hydrogen) atoms. The van der Waals surface area contributed by atoms with Gasteiger partial charge in [0.1, 0.15) is 34.3 Å². The van der Waals surface area contributed by atoms with Crippen molar-refractivity contribution < 1.29 is 33.1 Å². The third kappa shape index (κ3) is 7.44. The topological polar surface area (TPSA) is 138 Å². The van der Waals surface area contributed by atoms with Crippen LogP contribution in [0.4, 0.5) is 21.5 Å². The Labute approximate surface area is 287 Å². The minimum absolute atomic E-state index is 0.0964. The number of carbonyl (C=O) groups excluding carboxylic acids is 2.